The summed E-state index contributed by atoms with van der Waals surface area (Å²) in [7, 11) is 0. The Morgan fingerprint density at radius 2 is 1.86 bits per heavy atom. The third-order valence-electron chi connectivity index (χ3n) is 3.00. The summed E-state index contributed by atoms with van der Waals surface area (Å²) in [5.41, 5.74) is 6.10. The third-order valence-corrected chi connectivity index (χ3v) is 3.00. The fourth-order valence-electron chi connectivity index (χ4n) is 1.97. The van der Waals surface area contributed by atoms with Gasteiger partial charge in [-0.15, -0.1) is 24.8 Å². The van der Waals surface area contributed by atoms with Crippen LogP contribution in [0.2, 0.25) is 0 Å². The van der Waals surface area contributed by atoms with Crippen molar-refractivity contribution in [1.29, 1.82) is 0 Å². The Morgan fingerprint density at radius 3 is 2.29 bits per heavy atom. The van der Waals surface area contributed by atoms with Crippen LogP contribution in [-0.2, 0) is 0 Å². The van der Waals surface area contributed by atoms with E-state index in [4.69, 9.17) is 5.73 Å². The monoisotopic (exact) mass is 242 g/mol. The first-order valence-electron chi connectivity index (χ1n) is 4.97. The van der Waals surface area contributed by atoms with Gasteiger partial charge < -0.3 is 11.1 Å². The van der Waals surface area contributed by atoms with Crippen LogP contribution in [0, 0.1) is 11.3 Å². The van der Waals surface area contributed by atoms with Crippen LogP contribution < -0.4 is 11.1 Å². The topological polar surface area (TPSA) is 38.0 Å². The summed E-state index contributed by atoms with van der Waals surface area (Å²) >= 11 is 0. The SMILES string of the molecule is CC(C)(C)[C@H]1CCN[C@@H](CN)C1.Cl.Cl. The molecular weight excluding hydrogens is 219 g/mol. The zero-order chi connectivity index (χ0) is 9.19. The highest BCUT2D eigenvalue weighted by Gasteiger charge is 2.29. The fourth-order valence-corrected chi connectivity index (χ4v) is 1.97. The maximum atomic E-state index is 5.65. The molecule has 0 aromatic rings. The summed E-state index contributed by atoms with van der Waals surface area (Å²) in [6.07, 6.45) is 2.56. The Labute approximate surface area is 100 Å². The molecule has 0 unspecified atom stereocenters. The Hall–Kier alpha value is 0.500. The zero-order valence-electron chi connectivity index (χ0n) is 9.38. The molecule has 0 bridgehead atoms. The van der Waals surface area contributed by atoms with Crippen LogP contribution in [0.5, 0.6) is 0 Å². The molecule has 4 heteroatoms. The van der Waals surface area contributed by atoms with Crippen molar-refractivity contribution in [2.45, 2.75) is 39.7 Å². The van der Waals surface area contributed by atoms with Crippen LogP contribution >= 0.6 is 24.8 Å². The predicted molar refractivity (Wildman–Crippen MR) is 67.5 cm³/mol. The maximum absolute atomic E-state index is 5.65. The lowest BCUT2D eigenvalue weighted by atomic mass is 9.74. The number of hydrogen-bond donors (Lipinski definition) is 2. The molecule has 1 aliphatic heterocycles. The highest BCUT2D eigenvalue weighted by Crippen LogP contribution is 2.33. The van der Waals surface area contributed by atoms with Crippen molar-refractivity contribution in [3.05, 3.63) is 0 Å². The second-order valence-electron chi connectivity index (χ2n) is 4.97. The van der Waals surface area contributed by atoms with Crippen LogP contribution in [0.3, 0.4) is 0 Å². The highest BCUT2D eigenvalue weighted by molar-refractivity contribution is 5.85. The number of nitrogens with one attached hydrogen (secondary N) is 1. The van der Waals surface area contributed by atoms with E-state index in [1.807, 2.05) is 0 Å². The lowest BCUT2D eigenvalue weighted by molar-refractivity contribution is 0.162. The number of nitrogens with two attached hydrogens (primary N) is 1. The van der Waals surface area contributed by atoms with Gasteiger partial charge in [0.25, 0.3) is 0 Å². The maximum Gasteiger partial charge on any atom is 0.0193 e. The molecule has 14 heavy (non-hydrogen) atoms. The van der Waals surface area contributed by atoms with Crippen molar-refractivity contribution >= 4 is 24.8 Å². The van der Waals surface area contributed by atoms with Crippen molar-refractivity contribution in [2.24, 2.45) is 17.1 Å². The van der Waals surface area contributed by atoms with Gasteiger partial charge in [0.2, 0.25) is 0 Å². The number of rotatable bonds is 1. The van der Waals surface area contributed by atoms with Crippen LogP contribution in [0.1, 0.15) is 33.6 Å². The van der Waals surface area contributed by atoms with Gasteiger partial charge in [-0.3, -0.25) is 0 Å². The van der Waals surface area contributed by atoms with Crippen molar-refractivity contribution in [1.82, 2.24) is 5.32 Å². The van der Waals surface area contributed by atoms with E-state index in [-0.39, 0.29) is 24.8 Å². The Morgan fingerprint density at radius 1 is 1.29 bits per heavy atom. The molecule has 0 saturated carbocycles. The van der Waals surface area contributed by atoms with Gasteiger partial charge in [-0.1, -0.05) is 20.8 Å². The second-order valence-corrected chi connectivity index (χ2v) is 4.97. The molecule has 1 saturated heterocycles. The molecule has 3 N–H and O–H groups in total. The molecule has 0 radical (unpaired) electrons. The van der Waals surface area contributed by atoms with E-state index in [0.717, 1.165) is 19.0 Å². The van der Waals surface area contributed by atoms with Gasteiger partial charge in [-0.05, 0) is 30.7 Å². The van der Waals surface area contributed by atoms with Gasteiger partial charge in [0.05, 0.1) is 0 Å². The first-order valence-corrected chi connectivity index (χ1v) is 4.97. The largest absolute Gasteiger partial charge is 0.329 e. The van der Waals surface area contributed by atoms with Crippen LogP contribution in [0.15, 0.2) is 0 Å². The molecule has 0 aromatic heterocycles. The van der Waals surface area contributed by atoms with Crippen LogP contribution in [-0.4, -0.2) is 19.1 Å². The first kappa shape index (κ1) is 16.9. The lowest BCUT2D eigenvalue weighted by Crippen LogP contribution is -2.45. The minimum absolute atomic E-state index is 0. The second kappa shape index (κ2) is 6.89. The molecule has 0 spiro atoms. The van der Waals surface area contributed by atoms with E-state index in [1.165, 1.54) is 12.8 Å². The standard InChI is InChI=1S/C10H22N2.2ClH/c1-10(2,3)8-4-5-12-9(6-8)7-11;;/h8-9,12H,4-7,11H2,1-3H3;2*1H/t8-,9+;;/m0../s1. The molecule has 1 rings (SSSR count). The minimum atomic E-state index is 0. The summed E-state index contributed by atoms with van der Waals surface area (Å²) in [6.45, 7) is 8.92. The van der Waals surface area contributed by atoms with Gasteiger partial charge in [0.1, 0.15) is 0 Å². The van der Waals surface area contributed by atoms with E-state index < -0.39 is 0 Å². The first-order chi connectivity index (χ1) is 5.54. The molecule has 88 valence electrons. The normalized spacial score (nSPS) is 27.4. The zero-order valence-corrected chi connectivity index (χ0v) is 11.0. The average Bonchev–Trinajstić information content (AvgIpc) is 2.03. The van der Waals surface area contributed by atoms with Gasteiger partial charge in [0, 0.05) is 12.6 Å². The molecule has 2 nitrogen and oxygen atoms in total. The summed E-state index contributed by atoms with van der Waals surface area (Å²) in [4.78, 5) is 0. The number of piperidine rings is 1. The van der Waals surface area contributed by atoms with E-state index in [1.54, 1.807) is 0 Å². The Bertz CT molecular complexity index is 146. The van der Waals surface area contributed by atoms with Crippen molar-refractivity contribution < 1.29 is 0 Å². The summed E-state index contributed by atoms with van der Waals surface area (Å²) < 4.78 is 0. The summed E-state index contributed by atoms with van der Waals surface area (Å²) in [5.74, 6) is 0.840. The average molecular weight is 243 g/mol. The van der Waals surface area contributed by atoms with Crippen molar-refractivity contribution in [2.75, 3.05) is 13.1 Å². The molecule has 0 aliphatic carbocycles. The number of hydrogen-bond acceptors (Lipinski definition) is 2. The fraction of sp³-hybridized carbons (Fsp3) is 1.00. The van der Waals surface area contributed by atoms with Gasteiger partial charge >= 0.3 is 0 Å². The minimum Gasteiger partial charge on any atom is -0.329 e. The predicted octanol–water partition coefficient (Wildman–Crippen LogP) is 2.20. The summed E-state index contributed by atoms with van der Waals surface area (Å²) in [5, 5.41) is 3.45. The number of halogens is 2. The smallest absolute Gasteiger partial charge is 0.0193 e. The van der Waals surface area contributed by atoms with E-state index in [0.29, 0.717) is 11.5 Å². The molecule has 0 aromatic carbocycles. The van der Waals surface area contributed by atoms with Gasteiger partial charge in [-0.25, -0.2) is 0 Å². The molecule has 0 amide bonds. The van der Waals surface area contributed by atoms with E-state index >= 15 is 0 Å². The van der Waals surface area contributed by atoms with Crippen LogP contribution in [0.4, 0.5) is 0 Å². The van der Waals surface area contributed by atoms with Crippen molar-refractivity contribution in [3.63, 3.8) is 0 Å². The van der Waals surface area contributed by atoms with Crippen molar-refractivity contribution in [3.8, 4) is 0 Å². The Balaban J connectivity index is 0. The summed E-state index contributed by atoms with van der Waals surface area (Å²) in [6, 6.07) is 0.558. The highest BCUT2D eigenvalue weighted by atomic mass is 35.5. The molecule has 1 fully saturated rings. The van der Waals surface area contributed by atoms with E-state index in [2.05, 4.69) is 26.1 Å². The van der Waals surface area contributed by atoms with Gasteiger partial charge in [0.15, 0.2) is 0 Å². The van der Waals surface area contributed by atoms with Crippen LogP contribution in [0.25, 0.3) is 0 Å². The quantitative estimate of drug-likeness (QED) is 0.741. The molecule has 2 atom stereocenters. The van der Waals surface area contributed by atoms with E-state index in [9.17, 15) is 0 Å². The lowest BCUT2D eigenvalue weighted by Gasteiger charge is -2.37. The third kappa shape index (κ3) is 4.83. The molecule has 1 aliphatic rings. The molecule has 1 heterocycles. The van der Waals surface area contributed by atoms with Gasteiger partial charge in [-0.2, -0.15) is 0 Å². The Kier molecular flexibility index (Phi) is 8.32. The molecular formula is C10H24Cl2N2.